The summed E-state index contributed by atoms with van der Waals surface area (Å²) in [6.45, 7) is 13.2. The van der Waals surface area contributed by atoms with Gasteiger partial charge in [0, 0.05) is 32.2 Å². The van der Waals surface area contributed by atoms with Crippen molar-refractivity contribution in [3.05, 3.63) is 23.3 Å². The van der Waals surface area contributed by atoms with Gasteiger partial charge in [0.15, 0.2) is 11.5 Å². The molecule has 4 rings (SSSR count). The molecule has 7 nitrogen and oxygen atoms in total. The predicted octanol–water partition coefficient (Wildman–Crippen LogP) is 3.94. The second-order valence-corrected chi connectivity index (χ2v) is 11.2. The van der Waals surface area contributed by atoms with E-state index in [1.54, 1.807) is 14.2 Å². The first-order chi connectivity index (χ1) is 16.8. The molecule has 3 aliphatic heterocycles. The molecule has 0 saturated carbocycles. The molecule has 0 radical (unpaired) electrons. The molecule has 0 aliphatic carbocycles. The number of hydrogen-bond acceptors (Lipinski definition) is 7. The quantitative estimate of drug-likeness (QED) is 0.514. The Morgan fingerprint density at radius 1 is 1.06 bits per heavy atom. The number of piperidine rings is 1. The van der Waals surface area contributed by atoms with Gasteiger partial charge in [-0.15, -0.1) is 0 Å². The van der Waals surface area contributed by atoms with Gasteiger partial charge >= 0.3 is 5.97 Å². The largest absolute Gasteiger partial charge is 0.493 e. The third kappa shape index (κ3) is 6.30. The fourth-order valence-corrected chi connectivity index (χ4v) is 6.42. The number of morpholine rings is 1. The van der Waals surface area contributed by atoms with E-state index >= 15 is 0 Å². The Kier molecular flexibility index (Phi) is 8.61. The number of esters is 1. The maximum atomic E-state index is 12.8. The van der Waals surface area contributed by atoms with Crippen molar-refractivity contribution in [3.63, 3.8) is 0 Å². The molecule has 7 heteroatoms. The van der Waals surface area contributed by atoms with Crippen molar-refractivity contribution in [2.24, 2.45) is 17.8 Å². The van der Waals surface area contributed by atoms with Crippen molar-refractivity contribution in [3.8, 4) is 11.5 Å². The number of nitrogens with zero attached hydrogens (tertiary/aromatic N) is 2. The first kappa shape index (κ1) is 26.2. The lowest BCUT2D eigenvalue weighted by molar-refractivity contribution is -0.151. The summed E-state index contributed by atoms with van der Waals surface area (Å²) in [5.74, 6) is 2.97. The number of ether oxygens (including phenoxy) is 4. The standard InChI is InChI=1S/C28H44N2O5/c1-18(2)9-22-15-30-8-7-21-11-26(32-5)27(33-6)12-24(21)25(30)10-23(22)17-34-28(31)16-29-13-19(3)35-20(4)14-29/h11-12,18-20,22-23,25H,7-10,13-17H2,1-6H3. The number of carbonyl (C=O) groups is 1. The lowest BCUT2D eigenvalue weighted by atomic mass is 9.74. The lowest BCUT2D eigenvalue weighted by Crippen LogP contribution is -2.48. The van der Waals surface area contributed by atoms with Crippen molar-refractivity contribution in [1.29, 1.82) is 0 Å². The van der Waals surface area contributed by atoms with E-state index in [-0.39, 0.29) is 18.2 Å². The van der Waals surface area contributed by atoms with Crippen molar-refractivity contribution in [2.45, 2.75) is 65.2 Å². The van der Waals surface area contributed by atoms with Gasteiger partial charge < -0.3 is 18.9 Å². The predicted molar refractivity (Wildman–Crippen MR) is 136 cm³/mol. The summed E-state index contributed by atoms with van der Waals surface area (Å²) in [6, 6.07) is 4.63. The molecule has 35 heavy (non-hydrogen) atoms. The summed E-state index contributed by atoms with van der Waals surface area (Å²) in [6.07, 6.45) is 3.47. The Labute approximate surface area is 211 Å². The number of methoxy groups -OCH3 is 2. The van der Waals surface area contributed by atoms with Crippen LogP contribution in [0.3, 0.4) is 0 Å². The average molecular weight is 489 g/mol. The number of rotatable bonds is 8. The highest BCUT2D eigenvalue weighted by atomic mass is 16.5. The second kappa shape index (κ2) is 11.5. The zero-order chi connectivity index (χ0) is 25.1. The molecule has 0 aromatic heterocycles. The maximum Gasteiger partial charge on any atom is 0.320 e. The van der Waals surface area contributed by atoms with Gasteiger partial charge in [0.05, 0.1) is 39.6 Å². The van der Waals surface area contributed by atoms with E-state index in [2.05, 4.69) is 49.6 Å². The Bertz CT molecular complexity index is 865. The van der Waals surface area contributed by atoms with Crippen LogP contribution in [-0.2, 0) is 20.7 Å². The van der Waals surface area contributed by atoms with Crippen LogP contribution in [0.4, 0.5) is 0 Å². The fourth-order valence-electron chi connectivity index (χ4n) is 6.42. The Morgan fingerprint density at radius 3 is 2.40 bits per heavy atom. The van der Waals surface area contributed by atoms with E-state index < -0.39 is 0 Å². The second-order valence-electron chi connectivity index (χ2n) is 11.2. The van der Waals surface area contributed by atoms with Gasteiger partial charge in [-0.05, 0) is 74.1 Å². The molecule has 3 heterocycles. The van der Waals surface area contributed by atoms with Crippen LogP contribution in [-0.4, -0.2) is 81.5 Å². The van der Waals surface area contributed by atoms with Crippen LogP contribution in [0.25, 0.3) is 0 Å². The van der Waals surface area contributed by atoms with Gasteiger partial charge in [-0.2, -0.15) is 0 Å². The molecular weight excluding hydrogens is 444 g/mol. The molecule has 2 fully saturated rings. The van der Waals surface area contributed by atoms with Crippen LogP contribution in [0.5, 0.6) is 11.5 Å². The molecule has 0 spiro atoms. The molecule has 5 atom stereocenters. The van der Waals surface area contributed by atoms with Gasteiger partial charge in [-0.1, -0.05) is 13.8 Å². The van der Waals surface area contributed by atoms with E-state index in [1.165, 1.54) is 11.1 Å². The van der Waals surface area contributed by atoms with E-state index in [9.17, 15) is 4.79 Å². The fraction of sp³-hybridized carbons (Fsp3) is 0.750. The Hall–Kier alpha value is -1.83. The summed E-state index contributed by atoms with van der Waals surface area (Å²) >= 11 is 0. The molecule has 5 unspecified atom stereocenters. The van der Waals surface area contributed by atoms with Crippen LogP contribution in [0.1, 0.15) is 57.7 Å². The molecule has 196 valence electrons. The molecule has 0 amide bonds. The summed E-state index contributed by atoms with van der Waals surface area (Å²) < 4.78 is 22.9. The maximum absolute atomic E-state index is 12.8. The van der Waals surface area contributed by atoms with Gasteiger partial charge in [0.2, 0.25) is 0 Å². The van der Waals surface area contributed by atoms with Crippen molar-refractivity contribution in [2.75, 3.05) is 53.6 Å². The molecular formula is C28H44N2O5. The minimum atomic E-state index is -0.118. The summed E-state index contributed by atoms with van der Waals surface area (Å²) in [7, 11) is 3.39. The van der Waals surface area contributed by atoms with Gasteiger partial charge in [0.1, 0.15) is 0 Å². The minimum absolute atomic E-state index is 0.118. The number of fused-ring (bicyclic) bond motifs is 3. The molecule has 1 aromatic carbocycles. The highest BCUT2D eigenvalue weighted by Crippen LogP contribution is 2.45. The van der Waals surface area contributed by atoms with Crippen LogP contribution in [0.15, 0.2) is 12.1 Å². The van der Waals surface area contributed by atoms with Crippen molar-refractivity contribution >= 4 is 5.97 Å². The number of benzene rings is 1. The third-order valence-electron chi connectivity index (χ3n) is 7.86. The third-order valence-corrected chi connectivity index (χ3v) is 7.86. The van der Waals surface area contributed by atoms with E-state index in [0.29, 0.717) is 36.9 Å². The van der Waals surface area contributed by atoms with E-state index in [4.69, 9.17) is 18.9 Å². The van der Waals surface area contributed by atoms with E-state index in [1.807, 2.05) is 0 Å². The van der Waals surface area contributed by atoms with Gasteiger partial charge in [0.25, 0.3) is 0 Å². The van der Waals surface area contributed by atoms with Gasteiger partial charge in [-0.3, -0.25) is 14.6 Å². The van der Waals surface area contributed by atoms with Crippen LogP contribution >= 0.6 is 0 Å². The summed E-state index contributed by atoms with van der Waals surface area (Å²) in [5.41, 5.74) is 2.68. The highest BCUT2D eigenvalue weighted by Gasteiger charge is 2.40. The molecule has 2 saturated heterocycles. The molecule has 3 aliphatic rings. The van der Waals surface area contributed by atoms with Crippen LogP contribution in [0.2, 0.25) is 0 Å². The topological polar surface area (TPSA) is 60.5 Å². The number of carbonyl (C=O) groups excluding carboxylic acids is 1. The first-order valence-electron chi connectivity index (χ1n) is 13.3. The van der Waals surface area contributed by atoms with Crippen molar-refractivity contribution in [1.82, 2.24) is 9.80 Å². The average Bonchev–Trinajstić information content (AvgIpc) is 2.80. The zero-order valence-electron chi connectivity index (χ0n) is 22.4. The first-order valence-corrected chi connectivity index (χ1v) is 13.3. The monoisotopic (exact) mass is 488 g/mol. The smallest absolute Gasteiger partial charge is 0.320 e. The van der Waals surface area contributed by atoms with Crippen molar-refractivity contribution < 1.29 is 23.7 Å². The molecule has 1 aromatic rings. The van der Waals surface area contributed by atoms with Gasteiger partial charge in [-0.25, -0.2) is 0 Å². The molecule has 0 bridgehead atoms. The minimum Gasteiger partial charge on any atom is -0.493 e. The Morgan fingerprint density at radius 2 is 1.74 bits per heavy atom. The Balaban J connectivity index is 1.45. The summed E-state index contributed by atoms with van der Waals surface area (Å²) in [4.78, 5) is 17.6. The number of hydrogen-bond donors (Lipinski definition) is 0. The normalized spacial score (nSPS) is 29.4. The van der Waals surface area contributed by atoms with Crippen LogP contribution in [0, 0.1) is 17.8 Å². The summed E-state index contributed by atoms with van der Waals surface area (Å²) in [5, 5.41) is 0. The SMILES string of the molecule is COc1cc2c(cc1OC)C1CC(COC(=O)CN3CC(C)OC(C)C3)C(CC(C)C)CN1CC2. The lowest BCUT2D eigenvalue weighted by Gasteiger charge is -2.47. The van der Waals surface area contributed by atoms with E-state index in [0.717, 1.165) is 56.9 Å². The van der Waals surface area contributed by atoms with Crippen LogP contribution < -0.4 is 9.47 Å². The zero-order valence-corrected chi connectivity index (χ0v) is 22.4. The highest BCUT2D eigenvalue weighted by molar-refractivity contribution is 5.71. The molecule has 0 N–H and O–H groups in total.